The Labute approximate surface area is 131 Å². The summed E-state index contributed by atoms with van der Waals surface area (Å²) in [7, 11) is 0. The molecular weight excluding hydrogens is 278 g/mol. The van der Waals surface area contributed by atoms with Gasteiger partial charge in [-0.3, -0.25) is 4.99 Å². The van der Waals surface area contributed by atoms with Crippen molar-refractivity contribution in [2.45, 2.75) is 26.2 Å². The number of nitrogens with zero attached hydrogens (tertiary/aromatic N) is 1. The van der Waals surface area contributed by atoms with Crippen molar-refractivity contribution in [3.63, 3.8) is 0 Å². The minimum absolute atomic E-state index is 0.397. The van der Waals surface area contributed by atoms with E-state index in [-0.39, 0.29) is 0 Å². The number of aliphatic imine (C=N–C) groups is 1. The lowest BCUT2D eigenvalue weighted by Crippen LogP contribution is -2.14. The third-order valence-corrected chi connectivity index (χ3v) is 6.32. The summed E-state index contributed by atoms with van der Waals surface area (Å²) in [5, 5.41) is 1.41. The molecular formula is C18H23NOS. The first-order chi connectivity index (χ1) is 10.3. The molecule has 3 unspecified atom stereocenters. The van der Waals surface area contributed by atoms with E-state index < -0.39 is 0 Å². The number of hydrogen-bond donors (Lipinski definition) is 0. The van der Waals surface area contributed by atoms with Gasteiger partial charge in [-0.15, -0.1) is 0 Å². The zero-order chi connectivity index (χ0) is 14.3. The summed E-state index contributed by atoms with van der Waals surface area (Å²) in [5.74, 6) is 1.98. The summed E-state index contributed by atoms with van der Waals surface area (Å²) >= 11 is 1.95. The molecule has 4 aliphatic rings. The molecule has 3 atom stereocenters. The van der Waals surface area contributed by atoms with E-state index in [0.717, 1.165) is 25.7 Å². The molecule has 0 spiro atoms. The van der Waals surface area contributed by atoms with Crippen LogP contribution >= 0.6 is 11.8 Å². The highest BCUT2D eigenvalue weighted by atomic mass is 32.2. The average molecular weight is 301 g/mol. The van der Waals surface area contributed by atoms with E-state index in [4.69, 9.17) is 9.73 Å². The van der Waals surface area contributed by atoms with Crippen LogP contribution in [0.1, 0.15) is 26.2 Å². The Bertz CT molecular complexity index is 541. The fraction of sp³-hybridized carbons (Fsp3) is 0.611. The van der Waals surface area contributed by atoms with Crippen LogP contribution < -0.4 is 0 Å². The number of ether oxygens (including phenoxy) is 1. The third kappa shape index (κ3) is 2.91. The highest BCUT2D eigenvalue weighted by Crippen LogP contribution is 2.62. The van der Waals surface area contributed by atoms with Crippen molar-refractivity contribution in [1.29, 1.82) is 0 Å². The summed E-state index contributed by atoms with van der Waals surface area (Å²) < 4.78 is 5.64. The molecule has 0 aromatic carbocycles. The Balaban J connectivity index is 1.37. The standard InChI is InChI=1S/C18H23NOS/c1-13(2-3-14-4-5-14)10-16-12-19-17(21-16)18-7-9-20-8-6-15(18)11-18/h2-5,10,13-15H,6-9,11-12H2,1H3/b3-2+,16-10+. The highest BCUT2D eigenvalue weighted by molar-refractivity contribution is 8.17. The van der Waals surface area contributed by atoms with Gasteiger partial charge < -0.3 is 4.74 Å². The zero-order valence-electron chi connectivity index (χ0n) is 12.6. The number of allylic oxidation sites excluding steroid dienone is 5. The number of rotatable bonds is 4. The van der Waals surface area contributed by atoms with Crippen molar-refractivity contribution in [1.82, 2.24) is 0 Å². The van der Waals surface area contributed by atoms with Crippen molar-refractivity contribution >= 4 is 16.8 Å². The van der Waals surface area contributed by atoms with Crippen molar-refractivity contribution in [2.24, 2.45) is 28.2 Å². The van der Waals surface area contributed by atoms with E-state index in [0.29, 0.717) is 17.3 Å². The molecule has 0 radical (unpaired) electrons. The maximum absolute atomic E-state index is 5.64. The van der Waals surface area contributed by atoms with Crippen LogP contribution in [-0.4, -0.2) is 24.8 Å². The molecule has 3 heteroatoms. The predicted molar refractivity (Wildman–Crippen MR) is 89.5 cm³/mol. The summed E-state index contributed by atoms with van der Waals surface area (Å²) in [6.07, 6.45) is 15.2. The van der Waals surface area contributed by atoms with E-state index >= 15 is 0 Å². The van der Waals surface area contributed by atoms with E-state index in [2.05, 4.69) is 37.3 Å². The summed E-state index contributed by atoms with van der Waals surface area (Å²) in [4.78, 5) is 6.32. The Hall–Kier alpha value is -0.800. The minimum atomic E-state index is 0.397. The Morgan fingerprint density at radius 2 is 2.33 bits per heavy atom. The van der Waals surface area contributed by atoms with Gasteiger partial charge in [0, 0.05) is 29.5 Å². The van der Waals surface area contributed by atoms with Crippen molar-refractivity contribution in [2.75, 3.05) is 19.8 Å². The Morgan fingerprint density at radius 3 is 3.19 bits per heavy atom. The van der Waals surface area contributed by atoms with Crippen LogP contribution in [0.3, 0.4) is 0 Å². The molecule has 0 N–H and O–H groups in total. The third-order valence-electron chi connectivity index (χ3n) is 5.07. The lowest BCUT2D eigenvalue weighted by Gasteiger charge is -2.14. The molecule has 21 heavy (non-hydrogen) atoms. The van der Waals surface area contributed by atoms with Crippen LogP contribution in [0.2, 0.25) is 0 Å². The van der Waals surface area contributed by atoms with Crippen LogP contribution in [0.25, 0.3) is 0 Å². The molecule has 0 aromatic heterocycles. The Morgan fingerprint density at radius 1 is 1.43 bits per heavy atom. The maximum atomic E-state index is 5.64. The molecule has 2 fully saturated rings. The lowest BCUT2D eigenvalue weighted by molar-refractivity contribution is 0.135. The molecule has 2 aliphatic heterocycles. The summed E-state index contributed by atoms with van der Waals surface area (Å²) in [5.41, 5.74) is 0.397. The molecule has 0 aromatic rings. The normalized spacial score (nSPS) is 38.4. The molecule has 4 rings (SSSR count). The fourth-order valence-corrected chi connectivity index (χ4v) is 4.89. The van der Waals surface area contributed by atoms with Crippen molar-refractivity contribution < 1.29 is 4.74 Å². The van der Waals surface area contributed by atoms with Gasteiger partial charge in [-0.2, -0.15) is 0 Å². The number of hydrogen-bond acceptors (Lipinski definition) is 3. The van der Waals surface area contributed by atoms with Gasteiger partial charge in [0.2, 0.25) is 0 Å². The van der Waals surface area contributed by atoms with Gasteiger partial charge in [0.1, 0.15) is 0 Å². The quantitative estimate of drug-likeness (QED) is 0.725. The van der Waals surface area contributed by atoms with E-state index in [9.17, 15) is 0 Å². The molecule has 1 saturated heterocycles. The first-order valence-electron chi connectivity index (χ1n) is 8.14. The van der Waals surface area contributed by atoms with E-state index in [1.54, 1.807) is 0 Å². The van der Waals surface area contributed by atoms with Gasteiger partial charge in [0.25, 0.3) is 0 Å². The molecule has 2 nitrogen and oxygen atoms in total. The van der Waals surface area contributed by atoms with Gasteiger partial charge in [0.05, 0.1) is 11.6 Å². The van der Waals surface area contributed by atoms with Crippen molar-refractivity contribution in [3.8, 4) is 0 Å². The molecule has 112 valence electrons. The van der Waals surface area contributed by atoms with Crippen molar-refractivity contribution in [3.05, 3.63) is 35.3 Å². The van der Waals surface area contributed by atoms with Gasteiger partial charge >= 0.3 is 0 Å². The number of fused-ring (bicyclic) bond motifs is 1. The fourth-order valence-electron chi connectivity index (χ4n) is 3.55. The minimum Gasteiger partial charge on any atom is -0.381 e. The molecule has 2 aliphatic carbocycles. The van der Waals surface area contributed by atoms with Gasteiger partial charge in [-0.25, -0.2) is 0 Å². The average Bonchev–Trinajstić information content (AvgIpc) is 3.35. The summed E-state index contributed by atoms with van der Waals surface area (Å²) in [6.45, 7) is 5.03. The van der Waals surface area contributed by atoms with E-state index in [1.165, 1.54) is 29.2 Å². The van der Waals surface area contributed by atoms with Gasteiger partial charge in [-0.1, -0.05) is 49.1 Å². The maximum Gasteiger partial charge on any atom is 0.0790 e. The molecule has 0 amide bonds. The second-order valence-electron chi connectivity index (χ2n) is 6.77. The van der Waals surface area contributed by atoms with Crippen LogP contribution in [-0.2, 0) is 4.74 Å². The van der Waals surface area contributed by atoms with Crippen LogP contribution in [0.4, 0.5) is 0 Å². The lowest BCUT2D eigenvalue weighted by atomic mass is 10.0. The number of thioether (sulfide) groups is 1. The van der Waals surface area contributed by atoms with E-state index in [1.807, 2.05) is 11.8 Å². The first-order valence-corrected chi connectivity index (χ1v) is 8.96. The largest absolute Gasteiger partial charge is 0.381 e. The molecule has 0 bridgehead atoms. The Kier molecular flexibility index (Phi) is 3.58. The summed E-state index contributed by atoms with van der Waals surface area (Å²) in [6, 6.07) is 0. The van der Waals surface area contributed by atoms with Crippen LogP contribution in [0, 0.1) is 23.2 Å². The van der Waals surface area contributed by atoms with Gasteiger partial charge in [-0.05, 0) is 31.1 Å². The topological polar surface area (TPSA) is 21.6 Å². The predicted octanol–water partition coefficient (Wildman–Crippen LogP) is 4.21. The first kappa shape index (κ1) is 13.8. The zero-order valence-corrected chi connectivity index (χ0v) is 13.4. The molecule has 1 saturated carbocycles. The second kappa shape index (κ2) is 5.44. The SMILES string of the molecule is CC(/C=C/C1C=C1)/C=C1\CN=C(C23CCOCCC2C3)S1. The monoisotopic (exact) mass is 301 g/mol. The smallest absolute Gasteiger partial charge is 0.0790 e. The van der Waals surface area contributed by atoms with Crippen LogP contribution in [0.15, 0.2) is 40.3 Å². The van der Waals surface area contributed by atoms with Crippen LogP contribution in [0.5, 0.6) is 0 Å². The highest BCUT2D eigenvalue weighted by Gasteiger charge is 2.58. The molecule has 2 heterocycles. The second-order valence-corrected chi connectivity index (χ2v) is 7.89. The van der Waals surface area contributed by atoms with Gasteiger partial charge in [0.15, 0.2) is 0 Å².